The van der Waals surface area contributed by atoms with Gasteiger partial charge in [0, 0.05) is 43.6 Å². The predicted molar refractivity (Wildman–Crippen MR) is 224 cm³/mol. The lowest BCUT2D eigenvalue weighted by Crippen LogP contribution is -2.64. The van der Waals surface area contributed by atoms with E-state index in [-0.39, 0.29) is 28.5 Å². The van der Waals surface area contributed by atoms with Crippen LogP contribution in [0.25, 0.3) is 20.2 Å². The Labute approximate surface area is 308 Å². The van der Waals surface area contributed by atoms with Crippen molar-refractivity contribution in [1.82, 2.24) is 0 Å². The molecule has 256 valence electrons. The quantitative estimate of drug-likeness (QED) is 0.159. The maximum absolute atomic E-state index is 2.87. The minimum Gasteiger partial charge on any atom is -0.335 e. The summed E-state index contributed by atoms with van der Waals surface area (Å²) in [6, 6.07) is 33.7. The van der Waals surface area contributed by atoms with E-state index in [4.69, 9.17) is 0 Å². The number of fused-ring (bicyclic) bond motifs is 10. The van der Waals surface area contributed by atoms with Gasteiger partial charge in [0.25, 0.3) is 6.71 Å². The summed E-state index contributed by atoms with van der Waals surface area (Å²) in [6.45, 7) is 22.0. The summed E-state index contributed by atoms with van der Waals surface area (Å²) < 4.78 is 2.71. The Hall–Kier alpha value is -4.02. The molecule has 0 bridgehead atoms. The third kappa shape index (κ3) is 4.06. The fourth-order valence-corrected chi connectivity index (χ4v) is 11.7. The molecule has 2 atom stereocenters. The lowest BCUT2D eigenvalue weighted by atomic mass is 9.33. The molecule has 10 rings (SSSR count). The highest BCUT2D eigenvalue weighted by atomic mass is 32.1. The van der Waals surface area contributed by atoms with Gasteiger partial charge in [-0.25, -0.2) is 0 Å². The molecular formula is C47H49BN2S. The van der Waals surface area contributed by atoms with Crippen LogP contribution in [0.3, 0.4) is 0 Å². The number of benzene rings is 5. The van der Waals surface area contributed by atoms with Crippen LogP contribution in [0.5, 0.6) is 0 Å². The molecule has 0 spiro atoms. The van der Waals surface area contributed by atoms with E-state index in [1.54, 1.807) is 5.56 Å². The van der Waals surface area contributed by atoms with Gasteiger partial charge in [-0.05, 0) is 106 Å². The molecular weight excluding hydrogens is 635 g/mol. The maximum atomic E-state index is 2.87. The van der Waals surface area contributed by atoms with Gasteiger partial charge in [0.15, 0.2) is 0 Å². The van der Waals surface area contributed by atoms with Crippen molar-refractivity contribution >= 4 is 83.0 Å². The van der Waals surface area contributed by atoms with E-state index < -0.39 is 0 Å². The summed E-state index contributed by atoms with van der Waals surface area (Å²) in [5.41, 5.74) is 17.3. The van der Waals surface area contributed by atoms with Gasteiger partial charge in [-0.3, -0.25) is 0 Å². The summed E-state index contributed by atoms with van der Waals surface area (Å²) in [4.78, 5) is 5.54. The first-order valence-corrected chi connectivity index (χ1v) is 20.0. The van der Waals surface area contributed by atoms with Crippen LogP contribution in [0.2, 0.25) is 0 Å². The summed E-state index contributed by atoms with van der Waals surface area (Å²) in [5, 5.41) is 2.70. The zero-order chi connectivity index (χ0) is 35.4. The third-order valence-corrected chi connectivity index (χ3v) is 14.7. The van der Waals surface area contributed by atoms with E-state index in [2.05, 4.69) is 157 Å². The van der Waals surface area contributed by atoms with Crippen LogP contribution in [-0.2, 0) is 16.2 Å². The van der Waals surface area contributed by atoms with Crippen LogP contribution < -0.4 is 26.2 Å². The molecule has 1 aromatic heterocycles. The predicted octanol–water partition coefficient (Wildman–Crippen LogP) is 11.3. The Morgan fingerprint density at radius 2 is 1.39 bits per heavy atom. The number of anilines is 5. The average Bonchev–Trinajstić information content (AvgIpc) is 3.56. The van der Waals surface area contributed by atoms with Gasteiger partial charge < -0.3 is 9.80 Å². The molecule has 2 unspecified atom stereocenters. The van der Waals surface area contributed by atoms with Gasteiger partial charge in [-0.1, -0.05) is 116 Å². The number of aryl methyl sites for hydroxylation is 1. The van der Waals surface area contributed by atoms with Crippen molar-refractivity contribution in [2.75, 3.05) is 9.80 Å². The monoisotopic (exact) mass is 684 g/mol. The molecule has 1 fully saturated rings. The van der Waals surface area contributed by atoms with E-state index in [1.807, 2.05) is 11.3 Å². The number of nitrogens with zero attached hydrogens (tertiary/aromatic N) is 2. The van der Waals surface area contributed by atoms with Gasteiger partial charge in [0.2, 0.25) is 0 Å². The minimum atomic E-state index is 0.0120. The molecule has 4 heteroatoms. The molecule has 2 nitrogen and oxygen atoms in total. The summed E-state index contributed by atoms with van der Waals surface area (Å²) >= 11 is 1.94. The first kappa shape index (κ1) is 31.7. The van der Waals surface area contributed by atoms with Crippen molar-refractivity contribution in [2.45, 2.75) is 110 Å². The molecule has 1 saturated carbocycles. The first-order valence-electron chi connectivity index (χ1n) is 19.2. The maximum Gasteiger partial charge on any atom is 0.252 e. The highest BCUT2D eigenvalue weighted by Crippen LogP contribution is 2.62. The molecule has 0 amide bonds. The average molecular weight is 685 g/mol. The SMILES string of the molecule is Cc1cc2c3c(c1)N1c4c(cc(C(C)(C)C)cc4C4(C)CCCCC14C)B3c1ccc(C(C)(C)C)cc1N2c1cccc2c1sc1ccccc12. The number of hydrogen-bond donors (Lipinski definition) is 0. The Balaban J connectivity index is 1.35. The van der Waals surface area contributed by atoms with Gasteiger partial charge >= 0.3 is 0 Å². The highest BCUT2D eigenvalue weighted by Gasteiger charge is 2.61. The summed E-state index contributed by atoms with van der Waals surface area (Å²) in [7, 11) is 0. The van der Waals surface area contributed by atoms with Crippen molar-refractivity contribution < 1.29 is 0 Å². The fraction of sp³-hybridized carbons (Fsp3) is 0.362. The Morgan fingerprint density at radius 1 is 0.667 bits per heavy atom. The van der Waals surface area contributed by atoms with Crippen LogP contribution >= 0.6 is 11.3 Å². The molecule has 0 saturated heterocycles. The van der Waals surface area contributed by atoms with Crippen molar-refractivity contribution in [1.29, 1.82) is 0 Å². The molecule has 0 radical (unpaired) electrons. The molecule has 6 aromatic rings. The minimum absolute atomic E-state index is 0.0120. The Kier molecular flexibility index (Phi) is 6.28. The second kappa shape index (κ2) is 10.1. The zero-order valence-electron chi connectivity index (χ0n) is 31.8. The molecule has 1 aliphatic carbocycles. The lowest BCUT2D eigenvalue weighted by Gasteiger charge is -2.53. The summed E-state index contributed by atoms with van der Waals surface area (Å²) in [5.74, 6) is 0. The van der Waals surface area contributed by atoms with Crippen molar-refractivity contribution in [3.8, 4) is 0 Å². The smallest absolute Gasteiger partial charge is 0.252 e. The van der Waals surface area contributed by atoms with Crippen LogP contribution in [0.4, 0.5) is 28.4 Å². The second-order valence-electron chi connectivity index (χ2n) is 18.6. The number of rotatable bonds is 1. The highest BCUT2D eigenvalue weighted by molar-refractivity contribution is 7.26. The van der Waals surface area contributed by atoms with E-state index in [0.29, 0.717) is 0 Å². The zero-order valence-corrected chi connectivity index (χ0v) is 32.6. The van der Waals surface area contributed by atoms with Gasteiger partial charge in [-0.15, -0.1) is 11.3 Å². The number of thiophene rings is 1. The van der Waals surface area contributed by atoms with Crippen LogP contribution in [-0.4, -0.2) is 12.3 Å². The Bertz CT molecular complexity index is 2480. The topological polar surface area (TPSA) is 6.48 Å². The molecule has 4 aliphatic rings. The Morgan fingerprint density at radius 3 is 2.18 bits per heavy atom. The van der Waals surface area contributed by atoms with Crippen LogP contribution in [0, 0.1) is 6.92 Å². The molecule has 3 aliphatic heterocycles. The largest absolute Gasteiger partial charge is 0.335 e. The van der Waals surface area contributed by atoms with E-state index in [9.17, 15) is 0 Å². The van der Waals surface area contributed by atoms with Gasteiger partial charge in [0.1, 0.15) is 0 Å². The van der Waals surface area contributed by atoms with Crippen LogP contribution in [0.1, 0.15) is 103 Å². The molecule has 0 N–H and O–H groups in total. The van der Waals surface area contributed by atoms with E-state index in [1.165, 1.54) is 107 Å². The van der Waals surface area contributed by atoms with Gasteiger partial charge in [0.05, 0.1) is 15.9 Å². The fourth-order valence-electron chi connectivity index (χ4n) is 10.5. The molecule has 51 heavy (non-hydrogen) atoms. The second-order valence-corrected chi connectivity index (χ2v) is 19.7. The standard InChI is InChI=1S/C47H49BN2S/c1-28-23-38-41-39(24-28)50-42-33(46(8)21-12-13-22-47(46,50)9)25-30(45(5,6)7)26-35(42)48(41)34-20-19-29(44(2,3)4)27-37(34)49(38)36-17-14-16-32-31-15-10-11-18-40(31)51-43(32)36/h10-11,14-20,23-27H,12-13,21-22H2,1-9H3. The normalized spacial score (nSPS) is 21.9. The van der Waals surface area contributed by atoms with Crippen molar-refractivity contribution in [2.24, 2.45) is 0 Å². The number of hydrogen-bond acceptors (Lipinski definition) is 3. The van der Waals surface area contributed by atoms with Crippen molar-refractivity contribution in [3.63, 3.8) is 0 Å². The third-order valence-electron chi connectivity index (χ3n) is 13.5. The molecule has 4 heterocycles. The van der Waals surface area contributed by atoms with E-state index in [0.717, 1.165) is 0 Å². The summed E-state index contributed by atoms with van der Waals surface area (Å²) in [6.07, 6.45) is 5.04. The lowest BCUT2D eigenvalue weighted by molar-refractivity contribution is 0.195. The van der Waals surface area contributed by atoms with Gasteiger partial charge in [-0.2, -0.15) is 0 Å². The first-order chi connectivity index (χ1) is 24.2. The van der Waals surface area contributed by atoms with Crippen LogP contribution in [0.15, 0.2) is 84.9 Å². The molecule has 5 aromatic carbocycles. The van der Waals surface area contributed by atoms with Crippen molar-refractivity contribution in [3.05, 3.63) is 107 Å². The van der Waals surface area contributed by atoms with E-state index >= 15 is 0 Å².